The smallest absolute Gasteiger partial charge is 0.102 e. The first-order valence-corrected chi connectivity index (χ1v) is 6.41. The van der Waals surface area contributed by atoms with Gasteiger partial charge in [0.1, 0.15) is 6.10 Å². The van der Waals surface area contributed by atoms with Gasteiger partial charge in [-0.3, -0.25) is 0 Å². The van der Waals surface area contributed by atoms with Crippen molar-refractivity contribution < 1.29 is 10.2 Å². The molecule has 0 bridgehead atoms. The SMILES string of the molecule is OCC(O)c1ccccc1CC1CCCCN1. The van der Waals surface area contributed by atoms with Crippen LogP contribution in [0, 0.1) is 0 Å². The molecule has 1 aliphatic heterocycles. The van der Waals surface area contributed by atoms with Gasteiger partial charge in [0.2, 0.25) is 0 Å². The van der Waals surface area contributed by atoms with E-state index in [9.17, 15) is 5.11 Å². The van der Waals surface area contributed by atoms with Crippen LogP contribution in [0.3, 0.4) is 0 Å². The van der Waals surface area contributed by atoms with E-state index in [-0.39, 0.29) is 6.61 Å². The third-order valence-electron chi connectivity index (χ3n) is 3.47. The van der Waals surface area contributed by atoms with Gasteiger partial charge >= 0.3 is 0 Å². The van der Waals surface area contributed by atoms with E-state index in [4.69, 9.17) is 5.11 Å². The summed E-state index contributed by atoms with van der Waals surface area (Å²) in [6.45, 7) is 0.879. The van der Waals surface area contributed by atoms with Crippen molar-refractivity contribution in [2.75, 3.05) is 13.2 Å². The number of rotatable bonds is 4. The summed E-state index contributed by atoms with van der Waals surface area (Å²) in [6, 6.07) is 8.36. The van der Waals surface area contributed by atoms with E-state index < -0.39 is 6.10 Å². The standard InChI is InChI=1S/C14H21NO2/c16-10-14(17)13-7-2-1-5-11(13)9-12-6-3-4-8-15-12/h1-2,5,7,12,14-17H,3-4,6,8-10H2. The summed E-state index contributed by atoms with van der Waals surface area (Å²) < 4.78 is 0. The third-order valence-corrected chi connectivity index (χ3v) is 3.47. The van der Waals surface area contributed by atoms with Crippen molar-refractivity contribution in [3.05, 3.63) is 35.4 Å². The van der Waals surface area contributed by atoms with Crippen molar-refractivity contribution in [2.24, 2.45) is 0 Å². The van der Waals surface area contributed by atoms with E-state index in [2.05, 4.69) is 5.32 Å². The van der Waals surface area contributed by atoms with Crippen LogP contribution in [0.5, 0.6) is 0 Å². The molecule has 3 nitrogen and oxygen atoms in total. The quantitative estimate of drug-likeness (QED) is 0.739. The summed E-state index contributed by atoms with van der Waals surface area (Å²) in [5.74, 6) is 0. The molecule has 1 heterocycles. The maximum atomic E-state index is 9.77. The molecule has 0 saturated carbocycles. The zero-order valence-corrected chi connectivity index (χ0v) is 10.1. The Morgan fingerprint density at radius 1 is 1.29 bits per heavy atom. The molecule has 1 fully saturated rings. The Kier molecular flexibility index (Phi) is 4.54. The minimum absolute atomic E-state index is 0.213. The van der Waals surface area contributed by atoms with Gasteiger partial charge < -0.3 is 15.5 Å². The molecule has 3 N–H and O–H groups in total. The van der Waals surface area contributed by atoms with Gasteiger partial charge in [0.05, 0.1) is 6.61 Å². The van der Waals surface area contributed by atoms with Crippen LogP contribution in [0.2, 0.25) is 0 Å². The fraction of sp³-hybridized carbons (Fsp3) is 0.571. The number of nitrogens with one attached hydrogen (secondary N) is 1. The summed E-state index contributed by atoms with van der Waals surface area (Å²) in [6.07, 6.45) is 3.92. The predicted molar refractivity (Wildman–Crippen MR) is 67.8 cm³/mol. The van der Waals surface area contributed by atoms with E-state index >= 15 is 0 Å². The maximum Gasteiger partial charge on any atom is 0.102 e. The minimum atomic E-state index is -0.755. The molecule has 1 aromatic rings. The summed E-state index contributed by atoms with van der Waals surface area (Å²) in [5, 5.41) is 22.3. The Balaban J connectivity index is 2.08. The molecular formula is C14H21NO2. The Bertz CT molecular complexity index is 348. The van der Waals surface area contributed by atoms with Gasteiger partial charge in [0, 0.05) is 6.04 Å². The van der Waals surface area contributed by atoms with E-state index in [0.717, 1.165) is 24.1 Å². The molecule has 0 spiro atoms. The van der Waals surface area contributed by atoms with Gasteiger partial charge in [0.15, 0.2) is 0 Å². The van der Waals surface area contributed by atoms with Crippen LogP contribution in [0.1, 0.15) is 36.5 Å². The molecular weight excluding hydrogens is 214 g/mol. The van der Waals surface area contributed by atoms with Crippen LogP contribution in [0.4, 0.5) is 0 Å². The average molecular weight is 235 g/mol. The molecule has 2 unspecified atom stereocenters. The van der Waals surface area contributed by atoms with Gasteiger partial charge in [-0.15, -0.1) is 0 Å². The average Bonchev–Trinajstić information content (AvgIpc) is 2.40. The van der Waals surface area contributed by atoms with Crippen LogP contribution >= 0.6 is 0 Å². The summed E-state index contributed by atoms with van der Waals surface area (Å²) in [4.78, 5) is 0. The molecule has 0 aromatic heterocycles. The fourth-order valence-electron chi connectivity index (χ4n) is 2.51. The first-order valence-electron chi connectivity index (χ1n) is 6.41. The van der Waals surface area contributed by atoms with Crippen LogP contribution in [-0.4, -0.2) is 29.4 Å². The number of hydrogen-bond donors (Lipinski definition) is 3. The number of aliphatic hydroxyl groups excluding tert-OH is 2. The van der Waals surface area contributed by atoms with Crippen LogP contribution < -0.4 is 5.32 Å². The zero-order chi connectivity index (χ0) is 12.1. The minimum Gasteiger partial charge on any atom is -0.393 e. The van der Waals surface area contributed by atoms with Gasteiger partial charge in [-0.25, -0.2) is 0 Å². The van der Waals surface area contributed by atoms with E-state index in [1.165, 1.54) is 19.3 Å². The Labute approximate surface area is 102 Å². The summed E-state index contributed by atoms with van der Waals surface area (Å²) in [7, 11) is 0. The number of aliphatic hydroxyl groups is 2. The molecule has 1 aromatic carbocycles. The highest BCUT2D eigenvalue weighted by molar-refractivity contribution is 5.30. The summed E-state index contributed by atoms with van der Waals surface area (Å²) in [5.41, 5.74) is 2.01. The largest absolute Gasteiger partial charge is 0.393 e. The highest BCUT2D eigenvalue weighted by Gasteiger charge is 2.17. The second kappa shape index (κ2) is 6.15. The molecule has 94 valence electrons. The normalized spacial score (nSPS) is 22.4. The van der Waals surface area contributed by atoms with E-state index in [1.54, 1.807) is 0 Å². The molecule has 1 saturated heterocycles. The molecule has 3 heteroatoms. The monoisotopic (exact) mass is 235 g/mol. The Morgan fingerprint density at radius 2 is 2.12 bits per heavy atom. The van der Waals surface area contributed by atoms with Gasteiger partial charge in [0.25, 0.3) is 0 Å². The molecule has 0 amide bonds. The number of hydrogen-bond acceptors (Lipinski definition) is 3. The van der Waals surface area contributed by atoms with Crippen molar-refractivity contribution in [2.45, 2.75) is 37.8 Å². The first-order chi connectivity index (χ1) is 8.31. The van der Waals surface area contributed by atoms with Crippen LogP contribution in [0.25, 0.3) is 0 Å². The molecule has 0 aliphatic carbocycles. The zero-order valence-electron chi connectivity index (χ0n) is 10.1. The molecule has 1 aliphatic rings. The number of piperidine rings is 1. The molecule has 17 heavy (non-hydrogen) atoms. The fourth-order valence-corrected chi connectivity index (χ4v) is 2.51. The lowest BCUT2D eigenvalue weighted by Crippen LogP contribution is -2.35. The van der Waals surface area contributed by atoms with Gasteiger partial charge in [-0.1, -0.05) is 30.7 Å². The molecule has 0 radical (unpaired) electrons. The predicted octanol–water partition coefficient (Wildman–Crippen LogP) is 1.40. The van der Waals surface area contributed by atoms with Crippen molar-refractivity contribution >= 4 is 0 Å². The maximum absolute atomic E-state index is 9.77. The molecule has 2 atom stereocenters. The van der Waals surface area contributed by atoms with Crippen molar-refractivity contribution in [1.29, 1.82) is 0 Å². The van der Waals surface area contributed by atoms with Crippen molar-refractivity contribution in [1.82, 2.24) is 5.32 Å². The molecule has 2 rings (SSSR count). The second-order valence-corrected chi connectivity index (χ2v) is 4.75. The first kappa shape index (κ1) is 12.6. The van der Waals surface area contributed by atoms with Crippen LogP contribution in [-0.2, 0) is 6.42 Å². The van der Waals surface area contributed by atoms with Crippen LogP contribution in [0.15, 0.2) is 24.3 Å². The lowest BCUT2D eigenvalue weighted by molar-refractivity contribution is 0.0947. The third kappa shape index (κ3) is 3.28. The lowest BCUT2D eigenvalue weighted by Gasteiger charge is -2.25. The Hall–Kier alpha value is -0.900. The number of benzene rings is 1. The van der Waals surface area contributed by atoms with Crippen molar-refractivity contribution in [3.63, 3.8) is 0 Å². The van der Waals surface area contributed by atoms with Crippen molar-refractivity contribution in [3.8, 4) is 0 Å². The van der Waals surface area contributed by atoms with E-state index in [0.29, 0.717) is 6.04 Å². The van der Waals surface area contributed by atoms with Gasteiger partial charge in [-0.05, 0) is 36.9 Å². The topological polar surface area (TPSA) is 52.5 Å². The second-order valence-electron chi connectivity index (χ2n) is 4.75. The van der Waals surface area contributed by atoms with Gasteiger partial charge in [-0.2, -0.15) is 0 Å². The summed E-state index contributed by atoms with van der Waals surface area (Å²) >= 11 is 0. The lowest BCUT2D eigenvalue weighted by atomic mass is 9.93. The highest BCUT2D eigenvalue weighted by Crippen LogP contribution is 2.21. The Morgan fingerprint density at radius 3 is 2.82 bits per heavy atom. The highest BCUT2D eigenvalue weighted by atomic mass is 16.3. The van der Waals surface area contributed by atoms with E-state index in [1.807, 2.05) is 24.3 Å².